The first-order valence-electron chi connectivity index (χ1n) is 6.92. The SMILES string of the molecule is NC(=O)OC1(C(=O)N2CCCCC2)CCCCC1. The molecule has 1 saturated heterocycles. The molecule has 102 valence electrons. The van der Waals surface area contributed by atoms with Crippen molar-refractivity contribution < 1.29 is 14.3 Å². The Balaban J connectivity index is 2.11. The first-order valence-corrected chi connectivity index (χ1v) is 6.92. The van der Waals surface area contributed by atoms with Gasteiger partial charge in [-0.15, -0.1) is 0 Å². The van der Waals surface area contributed by atoms with Crippen LogP contribution in [-0.4, -0.2) is 35.6 Å². The van der Waals surface area contributed by atoms with E-state index in [1.807, 2.05) is 4.90 Å². The molecule has 1 heterocycles. The Kier molecular flexibility index (Phi) is 4.09. The number of nitrogens with two attached hydrogens (primary N) is 1. The third-order valence-corrected chi connectivity index (χ3v) is 3.99. The highest BCUT2D eigenvalue weighted by atomic mass is 16.6. The summed E-state index contributed by atoms with van der Waals surface area (Å²) in [6, 6.07) is 0. The third kappa shape index (κ3) is 2.76. The third-order valence-electron chi connectivity index (χ3n) is 3.99. The summed E-state index contributed by atoms with van der Waals surface area (Å²) in [7, 11) is 0. The van der Waals surface area contributed by atoms with Gasteiger partial charge in [0.05, 0.1) is 0 Å². The number of amides is 2. The zero-order valence-electron chi connectivity index (χ0n) is 10.8. The summed E-state index contributed by atoms with van der Waals surface area (Å²) in [6.45, 7) is 1.56. The molecule has 5 heteroatoms. The van der Waals surface area contributed by atoms with Gasteiger partial charge in [-0.3, -0.25) is 4.79 Å². The summed E-state index contributed by atoms with van der Waals surface area (Å²) >= 11 is 0. The van der Waals surface area contributed by atoms with Gasteiger partial charge in [0.15, 0.2) is 5.60 Å². The first kappa shape index (κ1) is 13.2. The Bertz CT molecular complexity index is 318. The highest BCUT2D eigenvalue weighted by Gasteiger charge is 2.45. The number of likely N-dealkylation sites (tertiary alicyclic amines) is 1. The summed E-state index contributed by atoms with van der Waals surface area (Å²) in [5, 5.41) is 0. The number of piperidine rings is 1. The van der Waals surface area contributed by atoms with Gasteiger partial charge in [0.25, 0.3) is 5.91 Å². The number of rotatable bonds is 2. The number of carbonyl (C=O) groups is 2. The van der Waals surface area contributed by atoms with E-state index in [9.17, 15) is 9.59 Å². The summed E-state index contributed by atoms with van der Waals surface area (Å²) in [5.41, 5.74) is 4.17. The van der Waals surface area contributed by atoms with Crippen molar-refractivity contribution in [3.63, 3.8) is 0 Å². The zero-order valence-corrected chi connectivity index (χ0v) is 10.8. The minimum atomic E-state index is -0.971. The quantitative estimate of drug-likeness (QED) is 0.816. The highest BCUT2D eigenvalue weighted by Crippen LogP contribution is 2.34. The van der Waals surface area contributed by atoms with Crippen molar-refractivity contribution in [2.75, 3.05) is 13.1 Å². The van der Waals surface area contributed by atoms with Gasteiger partial charge in [-0.1, -0.05) is 6.42 Å². The number of hydrogen-bond acceptors (Lipinski definition) is 3. The molecule has 0 spiro atoms. The molecule has 2 N–H and O–H groups in total. The average molecular weight is 254 g/mol. The topological polar surface area (TPSA) is 72.6 Å². The summed E-state index contributed by atoms with van der Waals surface area (Å²) in [5.74, 6) is -0.0271. The molecule has 1 aliphatic carbocycles. The van der Waals surface area contributed by atoms with E-state index < -0.39 is 11.7 Å². The van der Waals surface area contributed by atoms with E-state index in [2.05, 4.69) is 0 Å². The minimum absolute atomic E-state index is 0.0271. The maximum Gasteiger partial charge on any atom is 0.405 e. The van der Waals surface area contributed by atoms with Crippen LogP contribution in [0.1, 0.15) is 51.4 Å². The Morgan fingerprint density at radius 1 is 0.944 bits per heavy atom. The van der Waals surface area contributed by atoms with E-state index in [-0.39, 0.29) is 5.91 Å². The molecular formula is C13H22N2O3. The molecule has 1 saturated carbocycles. The van der Waals surface area contributed by atoms with Gasteiger partial charge in [0.1, 0.15) is 0 Å². The molecule has 0 aromatic rings. The van der Waals surface area contributed by atoms with E-state index in [0.29, 0.717) is 12.8 Å². The van der Waals surface area contributed by atoms with Crippen molar-refractivity contribution >= 4 is 12.0 Å². The fraction of sp³-hybridized carbons (Fsp3) is 0.846. The maximum atomic E-state index is 12.6. The molecule has 2 amide bonds. The fourth-order valence-corrected chi connectivity index (χ4v) is 3.06. The van der Waals surface area contributed by atoms with E-state index in [1.165, 1.54) is 6.42 Å². The molecule has 18 heavy (non-hydrogen) atoms. The monoisotopic (exact) mass is 254 g/mol. The van der Waals surface area contributed by atoms with Gasteiger partial charge in [0.2, 0.25) is 0 Å². The van der Waals surface area contributed by atoms with E-state index in [0.717, 1.165) is 45.2 Å². The molecule has 0 bridgehead atoms. The lowest BCUT2D eigenvalue weighted by molar-refractivity contribution is -0.155. The van der Waals surface area contributed by atoms with Crippen LogP contribution in [0, 0.1) is 0 Å². The Hall–Kier alpha value is -1.26. The Morgan fingerprint density at radius 3 is 2.06 bits per heavy atom. The van der Waals surface area contributed by atoms with Gasteiger partial charge in [-0.25, -0.2) is 4.79 Å². The molecule has 0 radical (unpaired) electrons. The van der Waals surface area contributed by atoms with Crippen molar-refractivity contribution in [1.29, 1.82) is 0 Å². The second-order valence-electron chi connectivity index (χ2n) is 5.33. The molecule has 2 aliphatic rings. The zero-order chi connectivity index (χ0) is 13.0. The molecule has 2 fully saturated rings. The molecule has 1 aliphatic heterocycles. The van der Waals surface area contributed by atoms with Crippen LogP contribution >= 0.6 is 0 Å². The number of primary amides is 1. The largest absolute Gasteiger partial charge is 0.433 e. The number of hydrogen-bond donors (Lipinski definition) is 1. The molecule has 0 aromatic heterocycles. The second-order valence-corrected chi connectivity index (χ2v) is 5.33. The lowest BCUT2D eigenvalue weighted by Crippen LogP contribution is -2.54. The Labute approximate surface area is 108 Å². The van der Waals surface area contributed by atoms with E-state index >= 15 is 0 Å². The van der Waals surface area contributed by atoms with Gasteiger partial charge in [0, 0.05) is 13.1 Å². The van der Waals surface area contributed by atoms with E-state index in [4.69, 9.17) is 10.5 Å². The van der Waals surface area contributed by atoms with Gasteiger partial charge < -0.3 is 15.4 Å². The van der Waals surface area contributed by atoms with Crippen LogP contribution in [0.3, 0.4) is 0 Å². The van der Waals surface area contributed by atoms with Crippen molar-refractivity contribution in [1.82, 2.24) is 4.90 Å². The van der Waals surface area contributed by atoms with Gasteiger partial charge in [-0.2, -0.15) is 0 Å². The van der Waals surface area contributed by atoms with Crippen LogP contribution < -0.4 is 5.73 Å². The average Bonchev–Trinajstić information content (AvgIpc) is 2.39. The molecule has 5 nitrogen and oxygen atoms in total. The van der Waals surface area contributed by atoms with Crippen molar-refractivity contribution in [2.45, 2.75) is 57.0 Å². The predicted octanol–water partition coefficient (Wildman–Crippen LogP) is 1.80. The fourth-order valence-electron chi connectivity index (χ4n) is 3.06. The summed E-state index contributed by atoms with van der Waals surface area (Å²) < 4.78 is 5.24. The van der Waals surface area contributed by atoms with Crippen LogP contribution in [0.5, 0.6) is 0 Å². The van der Waals surface area contributed by atoms with Crippen LogP contribution in [0.25, 0.3) is 0 Å². The smallest absolute Gasteiger partial charge is 0.405 e. The molecular weight excluding hydrogens is 232 g/mol. The Morgan fingerprint density at radius 2 is 1.50 bits per heavy atom. The van der Waals surface area contributed by atoms with Gasteiger partial charge in [-0.05, 0) is 44.9 Å². The predicted molar refractivity (Wildman–Crippen MR) is 66.9 cm³/mol. The number of nitrogens with zero attached hydrogens (tertiary/aromatic N) is 1. The first-order chi connectivity index (χ1) is 8.64. The van der Waals surface area contributed by atoms with Gasteiger partial charge >= 0.3 is 6.09 Å². The molecule has 0 unspecified atom stereocenters. The van der Waals surface area contributed by atoms with E-state index in [1.54, 1.807) is 0 Å². The highest BCUT2D eigenvalue weighted by molar-refractivity contribution is 5.87. The molecule has 0 aromatic carbocycles. The van der Waals surface area contributed by atoms with Crippen LogP contribution in [0.15, 0.2) is 0 Å². The lowest BCUT2D eigenvalue weighted by Gasteiger charge is -2.39. The number of ether oxygens (including phenoxy) is 1. The van der Waals surface area contributed by atoms with Crippen molar-refractivity contribution in [2.24, 2.45) is 5.73 Å². The van der Waals surface area contributed by atoms with Crippen LogP contribution in [-0.2, 0) is 9.53 Å². The molecule has 0 atom stereocenters. The lowest BCUT2D eigenvalue weighted by atomic mass is 9.83. The van der Waals surface area contributed by atoms with Crippen molar-refractivity contribution in [3.8, 4) is 0 Å². The normalized spacial score (nSPS) is 23.4. The standard InChI is InChI=1S/C13H22N2O3/c14-12(17)18-13(7-3-1-4-8-13)11(16)15-9-5-2-6-10-15/h1-10H2,(H2,14,17). The van der Waals surface area contributed by atoms with Crippen molar-refractivity contribution in [3.05, 3.63) is 0 Å². The second kappa shape index (κ2) is 5.59. The number of carbonyl (C=O) groups excluding carboxylic acids is 2. The van der Waals surface area contributed by atoms with Crippen LogP contribution in [0.4, 0.5) is 4.79 Å². The maximum absolute atomic E-state index is 12.6. The summed E-state index contributed by atoms with van der Waals surface area (Å²) in [4.78, 5) is 25.5. The summed E-state index contributed by atoms with van der Waals surface area (Å²) in [6.07, 6.45) is 6.60. The minimum Gasteiger partial charge on any atom is -0.433 e. The van der Waals surface area contributed by atoms with Crippen LogP contribution in [0.2, 0.25) is 0 Å². The molecule has 2 rings (SSSR count).